The SMILES string of the molecule is Cc1cccc(NS(=O)(=O)c2cc(C(=O)NCc3ccc(N4CCCCC4)cc3)ccc2C)c1. The van der Waals surface area contributed by atoms with Crippen LogP contribution in [-0.4, -0.2) is 27.4 Å². The molecule has 0 unspecified atom stereocenters. The molecule has 4 rings (SSSR count). The van der Waals surface area contributed by atoms with Crippen LogP contribution in [0.3, 0.4) is 0 Å². The summed E-state index contributed by atoms with van der Waals surface area (Å²) >= 11 is 0. The normalized spacial score (nSPS) is 14.0. The first kappa shape index (κ1) is 23.8. The molecule has 0 atom stereocenters. The minimum Gasteiger partial charge on any atom is -0.372 e. The number of carbonyl (C=O) groups excluding carboxylic acids is 1. The third-order valence-corrected chi connectivity index (χ3v) is 7.64. The minimum atomic E-state index is -3.83. The van der Waals surface area contributed by atoms with E-state index < -0.39 is 10.0 Å². The van der Waals surface area contributed by atoms with Crippen LogP contribution in [0.25, 0.3) is 0 Å². The Kier molecular flexibility index (Phi) is 7.22. The first-order chi connectivity index (χ1) is 16.3. The maximum absolute atomic E-state index is 13.0. The fourth-order valence-corrected chi connectivity index (χ4v) is 5.53. The molecule has 1 amide bonds. The highest BCUT2D eigenvalue weighted by Crippen LogP contribution is 2.22. The van der Waals surface area contributed by atoms with Crippen LogP contribution < -0.4 is 14.9 Å². The average Bonchev–Trinajstić information content (AvgIpc) is 2.83. The molecule has 1 fully saturated rings. The largest absolute Gasteiger partial charge is 0.372 e. The summed E-state index contributed by atoms with van der Waals surface area (Å²) in [6.45, 7) is 6.17. The summed E-state index contributed by atoms with van der Waals surface area (Å²) in [5, 5.41) is 2.90. The summed E-state index contributed by atoms with van der Waals surface area (Å²) in [4.78, 5) is 15.3. The molecule has 1 heterocycles. The molecule has 1 aliphatic heterocycles. The van der Waals surface area contributed by atoms with Crippen molar-refractivity contribution in [2.75, 3.05) is 22.7 Å². The van der Waals surface area contributed by atoms with Crippen molar-refractivity contribution in [2.45, 2.75) is 44.6 Å². The van der Waals surface area contributed by atoms with Gasteiger partial charge in [-0.05, 0) is 86.2 Å². The van der Waals surface area contributed by atoms with Crippen molar-refractivity contribution in [3.8, 4) is 0 Å². The molecule has 1 aliphatic rings. The van der Waals surface area contributed by atoms with Crippen LogP contribution in [0.4, 0.5) is 11.4 Å². The zero-order valence-electron chi connectivity index (χ0n) is 19.7. The first-order valence-electron chi connectivity index (χ1n) is 11.6. The third kappa shape index (κ3) is 5.78. The Morgan fingerprint density at radius 1 is 0.912 bits per heavy atom. The summed E-state index contributed by atoms with van der Waals surface area (Å²) in [5.41, 5.74) is 4.53. The topological polar surface area (TPSA) is 78.5 Å². The molecular formula is C27H31N3O3S. The molecule has 0 aliphatic carbocycles. The van der Waals surface area contributed by atoms with Crippen molar-refractivity contribution in [3.05, 3.63) is 89.0 Å². The molecule has 0 spiro atoms. The van der Waals surface area contributed by atoms with Crippen LogP contribution in [0.15, 0.2) is 71.6 Å². The second kappa shape index (κ2) is 10.3. The van der Waals surface area contributed by atoms with Crippen LogP contribution in [0.2, 0.25) is 0 Å². The van der Waals surface area contributed by atoms with Crippen molar-refractivity contribution in [1.82, 2.24) is 5.32 Å². The van der Waals surface area contributed by atoms with Gasteiger partial charge in [0, 0.05) is 36.6 Å². The lowest BCUT2D eigenvalue weighted by Crippen LogP contribution is -2.29. The van der Waals surface area contributed by atoms with Gasteiger partial charge in [-0.25, -0.2) is 8.42 Å². The van der Waals surface area contributed by atoms with Gasteiger partial charge in [0.2, 0.25) is 0 Å². The number of anilines is 2. The number of hydrogen-bond donors (Lipinski definition) is 2. The molecule has 7 heteroatoms. The summed E-state index contributed by atoms with van der Waals surface area (Å²) in [7, 11) is -3.83. The highest BCUT2D eigenvalue weighted by atomic mass is 32.2. The van der Waals surface area contributed by atoms with E-state index in [1.165, 1.54) is 31.0 Å². The van der Waals surface area contributed by atoms with E-state index in [1.54, 1.807) is 37.3 Å². The molecular weight excluding hydrogens is 446 g/mol. The van der Waals surface area contributed by atoms with Crippen LogP contribution in [-0.2, 0) is 16.6 Å². The van der Waals surface area contributed by atoms with Crippen molar-refractivity contribution >= 4 is 27.3 Å². The Balaban J connectivity index is 1.43. The van der Waals surface area contributed by atoms with Crippen molar-refractivity contribution in [2.24, 2.45) is 0 Å². The summed E-state index contributed by atoms with van der Waals surface area (Å²) in [5.74, 6) is -0.313. The maximum Gasteiger partial charge on any atom is 0.262 e. The second-order valence-electron chi connectivity index (χ2n) is 8.85. The van der Waals surface area contributed by atoms with Gasteiger partial charge in [-0.1, -0.05) is 30.3 Å². The lowest BCUT2D eigenvalue weighted by molar-refractivity contribution is 0.0950. The van der Waals surface area contributed by atoms with E-state index in [1.807, 2.05) is 25.1 Å². The van der Waals surface area contributed by atoms with Gasteiger partial charge in [-0.15, -0.1) is 0 Å². The van der Waals surface area contributed by atoms with Crippen LogP contribution in [0.5, 0.6) is 0 Å². The Morgan fingerprint density at radius 2 is 1.65 bits per heavy atom. The van der Waals surface area contributed by atoms with E-state index in [4.69, 9.17) is 0 Å². The number of carbonyl (C=O) groups is 1. The monoisotopic (exact) mass is 477 g/mol. The van der Waals surface area contributed by atoms with Gasteiger partial charge in [0.1, 0.15) is 0 Å². The van der Waals surface area contributed by atoms with Gasteiger partial charge in [-0.3, -0.25) is 9.52 Å². The molecule has 1 saturated heterocycles. The molecule has 0 bridgehead atoms. The van der Waals surface area contributed by atoms with Crippen molar-refractivity contribution < 1.29 is 13.2 Å². The summed E-state index contributed by atoms with van der Waals surface area (Å²) in [6.07, 6.45) is 3.75. The molecule has 3 aromatic rings. The molecule has 0 radical (unpaired) electrons. The standard InChI is InChI=1S/C27H31N3O3S/c1-20-7-6-8-24(17-20)29-34(32,33)26-18-23(12-9-21(26)2)27(31)28-19-22-10-13-25(14-11-22)30-15-4-3-5-16-30/h6-14,17-18,29H,3-5,15-16,19H2,1-2H3,(H,28,31). The molecule has 6 nitrogen and oxygen atoms in total. The van der Waals surface area contributed by atoms with E-state index in [0.29, 0.717) is 23.4 Å². The molecule has 34 heavy (non-hydrogen) atoms. The predicted octanol–water partition coefficient (Wildman–Crippen LogP) is 5.02. The Hall–Kier alpha value is -3.32. The van der Waals surface area contributed by atoms with Gasteiger partial charge < -0.3 is 10.2 Å². The molecule has 0 aromatic heterocycles. The van der Waals surface area contributed by atoms with Crippen molar-refractivity contribution in [3.63, 3.8) is 0 Å². The number of rotatable bonds is 7. The smallest absolute Gasteiger partial charge is 0.262 e. The maximum atomic E-state index is 13.0. The van der Waals surface area contributed by atoms with Gasteiger partial charge >= 0.3 is 0 Å². The summed E-state index contributed by atoms with van der Waals surface area (Å²) < 4.78 is 28.6. The number of benzene rings is 3. The predicted molar refractivity (Wildman–Crippen MR) is 137 cm³/mol. The van der Waals surface area contributed by atoms with Gasteiger partial charge in [-0.2, -0.15) is 0 Å². The first-order valence-corrected chi connectivity index (χ1v) is 13.1. The minimum absolute atomic E-state index is 0.0903. The number of piperidine rings is 1. The zero-order valence-corrected chi connectivity index (χ0v) is 20.5. The van der Waals surface area contributed by atoms with Crippen molar-refractivity contribution in [1.29, 1.82) is 0 Å². The number of aryl methyl sites for hydroxylation is 2. The van der Waals surface area contributed by atoms with Gasteiger partial charge in [0.15, 0.2) is 0 Å². The number of sulfonamides is 1. The lowest BCUT2D eigenvalue weighted by atomic mass is 10.1. The number of nitrogens with one attached hydrogen (secondary N) is 2. The van der Waals surface area contributed by atoms with Gasteiger partial charge in [0.05, 0.1) is 4.90 Å². The highest BCUT2D eigenvalue weighted by Gasteiger charge is 2.19. The number of hydrogen-bond acceptors (Lipinski definition) is 4. The fraction of sp³-hybridized carbons (Fsp3) is 0.296. The van der Waals surface area contributed by atoms with Crippen LogP contribution in [0.1, 0.15) is 46.3 Å². The molecule has 3 aromatic carbocycles. The highest BCUT2D eigenvalue weighted by molar-refractivity contribution is 7.92. The number of amides is 1. The van der Waals surface area contributed by atoms with E-state index in [-0.39, 0.29) is 10.8 Å². The van der Waals surface area contributed by atoms with E-state index in [9.17, 15) is 13.2 Å². The molecule has 178 valence electrons. The lowest BCUT2D eigenvalue weighted by Gasteiger charge is -2.28. The Morgan fingerprint density at radius 3 is 2.35 bits per heavy atom. The Bertz CT molecular complexity index is 1260. The fourth-order valence-electron chi connectivity index (χ4n) is 4.21. The van der Waals surface area contributed by atoms with Gasteiger partial charge in [0.25, 0.3) is 15.9 Å². The van der Waals surface area contributed by atoms with Crippen LogP contribution >= 0.6 is 0 Å². The van der Waals surface area contributed by atoms with Crippen LogP contribution in [0, 0.1) is 13.8 Å². The quantitative estimate of drug-likeness (QED) is 0.501. The Labute approximate surface area is 202 Å². The van der Waals surface area contributed by atoms with E-state index >= 15 is 0 Å². The van der Waals surface area contributed by atoms with E-state index in [2.05, 4.69) is 27.1 Å². The third-order valence-electron chi connectivity index (χ3n) is 6.12. The summed E-state index contributed by atoms with van der Waals surface area (Å²) in [6, 6.07) is 20.2. The molecule has 0 saturated carbocycles. The molecule has 2 N–H and O–H groups in total. The average molecular weight is 478 g/mol. The van der Waals surface area contributed by atoms with E-state index in [0.717, 1.165) is 24.2 Å². The zero-order chi connectivity index (χ0) is 24.1. The number of nitrogens with zero attached hydrogens (tertiary/aromatic N) is 1. The second-order valence-corrected chi connectivity index (χ2v) is 10.5.